The number of carboxylic acid groups (broad SMARTS) is 1. The number of amides is 1. The Bertz CT molecular complexity index is 696. The Morgan fingerprint density at radius 3 is 2.37 bits per heavy atom. The van der Waals surface area contributed by atoms with E-state index in [1.165, 1.54) is 6.92 Å². The Balaban J connectivity index is 2.92. The van der Waals surface area contributed by atoms with Crippen LogP contribution in [0.5, 0.6) is 5.75 Å². The topological polar surface area (TPSA) is 128 Å². The normalized spacial score (nSPS) is 13.4. The van der Waals surface area contributed by atoms with Crippen molar-refractivity contribution in [3.8, 4) is 5.75 Å². The van der Waals surface area contributed by atoms with Gasteiger partial charge in [0.15, 0.2) is 5.75 Å². The standard InChI is InChI=1S/C19H28N2O6/c1-11(17(23)24)8-14(21-18(25)27-19(3,4)5)9-13-6-7-16(15(20)10-13)26-12(2)22/h6-7,10-11,14H,8-9,20H2,1-5H3,(H,21,25)(H,23,24). The summed E-state index contributed by atoms with van der Waals surface area (Å²) in [5.74, 6) is -1.82. The van der Waals surface area contributed by atoms with E-state index in [1.54, 1.807) is 45.9 Å². The number of anilines is 1. The maximum absolute atomic E-state index is 12.1. The number of alkyl carbamates (subject to hydrolysis) is 1. The highest BCUT2D eigenvalue weighted by Gasteiger charge is 2.23. The SMILES string of the molecule is CC(=O)Oc1ccc(CC(CC(C)C(=O)O)NC(=O)OC(C)(C)C)cc1N. The number of carbonyl (C=O) groups excluding carboxylic acids is 2. The third-order valence-electron chi connectivity index (χ3n) is 3.59. The number of nitrogens with one attached hydrogen (secondary N) is 1. The van der Waals surface area contributed by atoms with Gasteiger partial charge < -0.3 is 25.6 Å². The number of esters is 1. The number of hydrogen-bond acceptors (Lipinski definition) is 6. The third kappa shape index (κ3) is 8.44. The van der Waals surface area contributed by atoms with Crippen molar-refractivity contribution in [2.75, 3.05) is 5.73 Å². The average Bonchev–Trinajstić information content (AvgIpc) is 2.47. The van der Waals surface area contributed by atoms with Crippen LogP contribution in [-0.4, -0.2) is 34.8 Å². The van der Waals surface area contributed by atoms with Gasteiger partial charge in [-0.05, 0) is 51.3 Å². The Kier molecular flexibility index (Phi) is 7.63. The summed E-state index contributed by atoms with van der Waals surface area (Å²) in [6, 6.07) is 4.44. The van der Waals surface area contributed by atoms with Crippen molar-refractivity contribution in [2.24, 2.45) is 5.92 Å². The lowest BCUT2D eigenvalue weighted by Crippen LogP contribution is -2.41. The molecule has 1 rings (SSSR count). The summed E-state index contributed by atoms with van der Waals surface area (Å²) >= 11 is 0. The fourth-order valence-electron chi connectivity index (χ4n) is 2.45. The number of aliphatic carboxylic acids is 1. The second-order valence-electron chi connectivity index (χ2n) is 7.49. The molecule has 0 spiro atoms. The molecule has 1 aromatic rings. The monoisotopic (exact) mass is 380 g/mol. The largest absolute Gasteiger partial charge is 0.481 e. The minimum atomic E-state index is -0.948. The van der Waals surface area contributed by atoms with Crippen LogP contribution >= 0.6 is 0 Å². The van der Waals surface area contributed by atoms with Gasteiger partial charge in [0, 0.05) is 13.0 Å². The molecule has 0 bridgehead atoms. The molecule has 27 heavy (non-hydrogen) atoms. The summed E-state index contributed by atoms with van der Waals surface area (Å²) in [5, 5.41) is 11.9. The Morgan fingerprint density at radius 2 is 1.89 bits per heavy atom. The van der Waals surface area contributed by atoms with Crippen LogP contribution in [0.2, 0.25) is 0 Å². The molecule has 8 nitrogen and oxygen atoms in total. The van der Waals surface area contributed by atoms with E-state index in [4.69, 9.17) is 20.3 Å². The number of rotatable bonds is 7. The highest BCUT2D eigenvalue weighted by Crippen LogP contribution is 2.24. The summed E-state index contributed by atoms with van der Waals surface area (Å²) in [4.78, 5) is 34.3. The zero-order valence-corrected chi connectivity index (χ0v) is 16.4. The lowest BCUT2D eigenvalue weighted by atomic mass is 9.96. The molecule has 0 saturated carbocycles. The molecular weight excluding hydrogens is 352 g/mol. The first-order valence-corrected chi connectivity index (χ1v) is 8.66. The van der Waals surface area contributed by atoms with Gasteiger partial charge in [0.1, 0.15) is 5.60 Å². The molecule has 0 heterocycles. The third-order valence-corrected chi connectivity index (χ3v) is 3.59. The van der Waals surface area contributed by atoms with Crippen molar-refractivity contribution >= 4 is 23.7 Å². The van der Waals surface area contributed by atoms with E-state index >= 15 is 0 Å². The van der Waals surface area contributed by atoms with Crippen LogP contribution in [-0.2, 0) is 20.7 Å². The molecule has 2 unspecified atom stereocenters. The Labute approximate surface area is 159 Å². The Hall–Kier alpha value is -2.77. The molecule has 0 radical (unpaired) electrons. The molecule has 2 atom stereocenters. The van der Waals surface area contributed by atoms with Gasteiger partial charge >= 0.3 is 18.0 Å². The Morgan fingerprint density at radius 1 is 1.26 bits per heavy atom. The minimum Gasteiger partial charge on any atom is -0.481 e. The summed E-state index contributed by atoms with van der Waals surface area (Å²) in [7, 11) is 0. The predicted octanol–water partition coefficient (Wildman–Crippen LogP) is 2.74. The molecule has 150 valence electrons. The van der Waals surface area contributed by atoms with Gasteiger partial charge in [0.05, 0.1) is 11.6 Å². The number of carbonyl (C=O) groups is 3. The lowest BCUT2D eigenvalue weighted by molar-refractivity contribution is -0.141. The maximum atomic E-state index is 12.1. The summed E-state index contributed by atoms with van der Waals surface area (Å²) in [6.07, 6.45) is -0.0451. The maximum Gasteiger partial charge on any atom is 0.407 e. The highest BCUT2D eigenvalue weighted by atomic mass is 16.6. The van der Waals surface area contributed by atoms with E-state index in [1.807, 2.05) is 0 Å². The first-order chi connectivity index (χ1) is 12.4. The van der Waals surface area contributed by atoms with Gasteiger partial charge in [-0.3, -0.25) is 9.59 Å². The van der Waals surface area contributed by atoms with Gasteiger partial charge in [0.2, 0.25) is 0 Å². The number of nitrogen functional groups attached to an aromatic ring is 1. The minimum absolute atomic E-state index is 0.222. The first kappa shape index (κ1) is 22.3. The van der Waals surface area contributed by atoms with Crippen LogP contribution in [0.25, 0.3) is 0 Å². The summed E-state index contributed by atoms with van der Waals surface area (Å²) < 4.78 is 10.2. The van der Waals surface area contributed by atoms with E-state index in [2.05, 4.69) is 5.32 Å². The van der Waals surface area contributed by atoms with Crippen molar-refractivity contribution in [3.63, 3.8) is 0 Å². The molecule has 0 fully saturated rings. The van der Waals surface area contributed by atoms with E-state index < -0.39 is 35.6 Å². The van der Waals surface area contributed by atoms with Crippen LogP contribution in [0.3, 0.4) is 0 Å². The number of benzene rings is 1. The van der Waals surface area contributed by atoms with E-state index in [9.17, 15) is 14.4 Å². The second kappa shape index (κ2) is 9.25. The predicted molar refractivity (Wildman–Crippen MR) is 100 cm³/mol. The summed E-state index contributed by atoms with van der Waals surface area (Å²) in [5.41, 5.74) is 6.28. The van der Waals surface area contributed by atoms with Gasteiger partial charge in [-0.1, -0.05) is 13.0 Å². The molecule has 8 heteroatoms. The van der Waals surface area contributed by atoms with Crippen molar-refractivity contribution in [3.05, 3.63) is 23.8 Å². The zero-order valence-electron chi connectivity index (χ0n) is 16.4. The zero-order chi connectivity index (χ0) is 20.8. The first-order valence-electron chi connectivity index (χ1n) is 8.66. The average molecular weight is 380 g/mol. The number of nitrogens with two attached hydrogens (primary N) is 1. The van der Waals surface area contributed by atoms with E-state index in [0.717, 1.165) is 5.56 Å². The van der Waals surface area contributed by atoms with Gasteiger partial charge in [-0.2, -0.15) is 0 Å². The molecule has 1 amide bonds. The van der Waals surface area contributed by atoms with Crippen molar-refractivity contribution in [1.29, 1.82) is 0 Å². The van der Waals surface area contributed by atoms with E-state index in [0.29, 0.717) is 6.42 Å². The molecule has 0 aliphatic heterocycles. The quantitative estimate of drug-likeness (QED) is 0.377. The number of hydrogen-bond donors (Lipinski definition) is 3. The van der Waals surface area contributed by atoms with Crippen LogP contribution in [0, 0.1) is 5.92 Å². The molecule has 0 aliphatic rings. The molecular formula is C19H28N2O6. The van der Waals surface area contributed by atoms with Gasteiger partial charge in [0.25, 0.3) is 0 Å². The van der Waals surface area contributed by atoms with Crippen LogP contribution < -0.4 is 15.8 Å². The smallest absolute Gasteiger partial charge is 0.407 e. The molecule has 1 aromatic carbocycles. The molecule has 4 N–H and O–H groups in total. The van der Waals surface area contributed by atoms with Crippen molar-refractivity contribution in [2.45, 2.75) is 59.1 Å². The van der Waals surface area contributed by atoms with Crippen LogP contribution in [0.1, 0.15) is 46.6 Å². The summed E-state index contributed by atoms with van der Waals surface area (Å²) in [6.45, 7) is 8.09. The van der Waals surface area contributed by atoms with Crippen LogP contribution in [0.4, 0.5) is 10.5 Å². The molecule has 0 saturated heterocycles. The van der Waals surface area contributed by atoms with Crippen molar-refractivity contribution in [1.82, 2.24) is 5.32 Å². The fourth-order valence-corrected chi connectivity index (χ4v) is 2.45. The number of carboxylic acids is 1. The number of ether oxygens (including phenoxy) is 2. The fraction of sp³-hybridized carbons (Fsp3) is 0.526. The lowest BCUT2D eigenvalue weighted by Gasteiger charge is -2.25. The molecule has 0 aliphatic carbocycles. The molecule has 0 aromatic heterocycles. The van der Waals surface area contributed by atoms with Crippen LogP contribution in [0.15, 0.2) is 18.2 Å². The van der Waals surface area contributed by atoms with Gasteiger partial charge in [-0.25, -0.2) is 4.79 Å². The van der Waals surface area contributed by atoms with Gasteiger partial charge in [-0.15, -0.1) is 0 Å². The second-order valence-corrected chi connectivity index (χ2v) is 7.49. The highest BCUT2D eigenvalue weighted by molar-refractivity contribution is 5.72. The van der Waals surface area contributed by atoms with E-state index in [-0.39, 0.29) is 17.9 Å². The van der Waals surface area contributed by atoms with Crippen molar-refractivity contribution < 1.29 is 29.0 Å².